The molecule has 1 aromatic carbocycles. The number of ether oxygens (including phenoxy) is 1. The number of rotatable bonds is 3. The molecule has 0 heterocycles. The fraction of sp³-hybridized carbons (Fsp3) is 0.222. The normalized spacial score (nSPS) is 9.73. The van der Waals surface area contributed by atoms with E-state index in [1.165, 1.54) is 12.1 Å². The number of primary sulfonamides is 1. The molecule has 5 nitrogen and oxygen atoms in total. The van der Waals surface area contributed by atoms with Crippen molar-refractivity contribution < 1.29 is 17.9 Å². The van der Waals surface area contributed by atoms with Gasteiger partial charge in [0.25, 0.3) is 6.47 Å². The first-order chi connectivity index (χ1) is 7.02. The molecule has 0 spiro atoms. The van der Waals surface area contributed by atoms with Gasteiger partial charge in [0.2, 0.25) is 10.0 Å². The highest BCUT2D eigenvalue weighted by atomic mass is 32.2. The van der Waals surface area contributed by atoms with Crippen molar-refractivity contribution in [3.8, 4) is 0 Å². The van der Waals surface area contributed by atoms with Crippen LogP contribution in [0.1, 0.15) is 6.92 Å². The fourth-order valence-corrected chi connectivity index (χ4v) is 1.21. The van der Waals surface area contributed by atoms with Gasteiger partial charge in [-0.2, -0.15) is 0 Å². The van der Waals surface area contributed by atoms with Crippen molar-refractivity contribution in [2.45, 2.75) is 11.8 Å². The van der Waals surface area contributed by atoms with Crippen LogP contribution in [0.4, 0.5) is 0 Å². The molecule has 0 aliphatic rings. The zero-order chi connectivity index (χ0) is 11.7. The largest absolute Gasteiger partial charge is 0.468 e. The maximum atomic E-state index is 10.6. The van der Waals surface area contributed by atoms with Crippen molar-refractivity contribution in [2.75, 3.05) is 6.61 Å². The molecule has 0 fully saturated rings. The minimum absolute atomic E-state index is 0.148. The first kappa shape index (κ1) is 13.6. The minimum atomic E-state index is -3.50. The van der Waals surface area contributed by atoms with Crippen LogP contribution in [0.25, 0.3) is 0 Å². The fourth-order valence-electron chi connectivity index (χ4n) is 0.678. The van der Waals surface area contributed by atoms with Gasteiger partial charge in [0.05, 0.1) is 11.5 Å². The van der Waals surface area contributed by atoms with Crippen molar-refractivity contribution in [1.29, 1.82) is 0 Å². The van der Waals surface area contributed by atoms with E-state index in [-0.39, 0.29) is 4.90 Å². The van der Waals surface area contributed by atoms with Crippen molar-refractivity contribution in [1.82, 2.24) is 0 Å². The monoisotopic (exact) mass is 231 g/mol. The molecular formula is C9H13NO4S. The van der Waals surface area contributed by atoms with Crippen LogP contribution in [0.3, 0.4) is 0 Å². The van der Waals surface area contributed by atoms with Gasteiger partial charge in [0.15, 0.2) is 0 Å². The number of hydrogen-bond acceptors (Lipinski definition) is 4. The first-order valence-electron chi connectivity index (χ1n) is 4.15. The summed E-state index contributed by atoms with van der Waals surface area (Å²) in [4.78, 5) is 9.33. The Hall–Kier alpha value is -1.40. The Morgan fingerprint density at radius 1 is 1.33 bits per heavy atom. The first-order valence-corrected chi connectivity index (χ1v) is 5.70. The van der Waals surface area contributed by atoms with Crippen LogP contribution in [0.2, 0.25) is 0 Å². The van der Waals surface area contributed by atoms with Gasteiger partial charge in [0, 0.05) is 0 Å². The van der Waals surface area contributed by atoms with Gasteiger partial charge in [-0.25, -0.2) is 13.6 Å². The molecule has 2 N–H and O–H groups in total. The second kappa shape index (κ2) is 6.97. The van der Waals surface area contributed by atoms with Crippen molar-refractivity contribution in [3.05, 3.63) is 30.3 Å². The molecule has 0 aliphatic carbocycles. The highest BCUT2D eigenvalue weighted by Crippen LogP contribution is 2.02. The summed E-state index contributed by atoms with van der Waals surface area (Å²) in [6.07, 6.45) is 0. The molecule has 15 heavy (non-hydrogen) atoms. The van der Waals surface area contributed by atoms with Gasteiger partial charge in [-0.3, -0.25) is 4.79 Å². The average Bonchev–Trinajstić information content (AvgIpc) is 2.20. The van der Waals surface area contributed by atoms with Gasteiger partial charge in [0.1, 0.15) is 0 Å². The third-order valence-electron chi connectivity index (χ3n) is 1.31. The Labute approximate surface area is 88.9 Å². The molecule has 0 aromatic heterocycles. The lowest BCUT2D eigenvalue weighted by Crippen LogP contribution is -2.11. The summed E-state index contributed by atoms with van der Waals surface area (Å²) >= 11 is 0. The summed E-state index contributed by atoms with van der Waals surface area (Å²) in [6.45, 7) is 2.66. The molecule has 0 saturated heterocycles. The second-order valence-electron chi connectivity index (χ2n) is 2.41. The number of sulfonamides is 1. The molecule has 84 valence electrons. The standard InChI is InChI=1S/C6H7NO2S.C3H6O2/c7-10(8,9)6-4-2-1-3-5-6;1-2-5-3-4/h1-5H,(H2,7,8,9);3H,2H2,1H3. The third-order valence-corrected chi connectivity index (χ3v) is 2.24. The number of benzene rings is 1. The molecule has 1 aromatic rings. The second-order valence-corrected chi connectivity index (χ2v) is 3.97. The number of carbonyl (C=O) groups is 1. The highest BCUT2D eigenvalue weighted by Gasteiger charge is 2.03. The van der Waals surface area contributed by atoms with E-state index in [2.05, 4.69) is 4.74 Å². The maximum absolute atomic E-state index is 10.6. The number of nitrogens with two attached hydrogens (primary N) is 1. The summed E-state index contributed by atoms with van der Waals surface area (Å²) in [7, 11) is -3.50. The lowest BCUT2D eigenvalue weighted by atomic mass is 10.4. The van der Waals surface area contributed by atoms with Crippen LogP contribution in [-0.2, 0) is 19.6 Å². The summed E-state index contributed by atoms with van der Waals surface area (Å²) in [5, 5.41) is 4.83. The van der Waals surface area contributed by atoms with E-state index in [0.717, 1.165) is 0 Å². The molecule has 0 amide bonds. The highest BCUT2D eigenvalue weighted by molar-refractivity contribution is 7.89. The van der Waals surface area contributed by atoms with Gasteiger partial charge in [-0.05, 0) is 19.1 Å². The summed E-state index contributed by atoms with van der Waals surface area (Å²) in [6, 6.07) is 7.89. The van der Waals surface area contributed by atoms with Crippen LogP contribution in [0.5, 0.6) is 0 Å². The minimum Gasteiger partial charge on any atom is -0.468 e. The third kappa shape index (κ3) is 6.64. The summed E-state index contributed by atoms with van der Waals surface area (Å²) in [5.41, 5.74) is 0. The smallest absolute Gasteiger partial charge is 0.293 e. The molecule has 0 unspecified atom stereocenters. The van der Waals surface area contributed by atoms with Gasteiger partial charge >= 0.3 is 0 Å². The van der Waals surface area contributed by atoms with Crippen molar-refractivity contribution in [2.24, 2.45) is 5.14 Å². The van der Waals surface area contributed by atoms with Gasteiger partial charge in [-0.1, -0.05) is 18.2 Å². The molecule has 0 atom stereocenters. The maximum Gasteiger partial charge on any atom is 0.293 e. The van der Waals surface area contributed by atoms with Crippen LogP contribution >= 0.6 is 0 Å². The predicted octanol–water partition coefficient (Wildman–Crippen LogP) is 0.513. The van der Waals surface area contributed by atoms with Crippen LogP contribution in [-0.4, -0.2) is 21.5 Å². The predicted molar refractivity (Wildman–Crippen MR) is 55.5 cm³/mol. The molecule has 0 bridgehead atoms. The Morgan fingerprint density at radius 2 is 1.87 bits per heavy atom. The summed E-state index contributed by atoms with van der Waals surface area (Å²) < 4.78 is 25.4. The Bertz CT molecular complexity index is 374. The Kier molecular flexibility index (Phi) is 6.32. The lowest BCUT2D eigenvalue weighted by molar-refractivity contribution is -0.128. The number of hydrogen-bond donors (Lipinski definition) is 1. The van der Waals surface area contributed by atoms with E-state index in [1.54, 1.807) is 25.1 Å². The molecule has 1 rings (SSSR count). The number of carbonyl (C=O) groups excluding carboxylic acids is 1. The SMILES string of the molecule is CCOC=O.NS(=O)(=O)c1ccccc1. The zero-order valence-electron chi connectivity index (χ0n) is 8.29. The Morgan fingerprint density at radius 3 is 2.07 bits per heavy atom. The van der Waals surface area contributed by atoms with Crippen molar-refractivity contribution in [3.63, 3.8) is 0 Å². The molecule has 0 radical (unpaired) electrons. The lowest BCUT2D eigenvalue weighted by Gasteiger charge is -1.93. The molecule has 0 aliphatic heterocycles. The quantitative estimate of drug-likeness (QED) is 0.768. The molecule has 0 saturated carbocycles. The van der Waals surface area contributed by atoms with E-state index in [9.17, 15) is 13.2 Å². The molecular weight excluding hydrogens is 218 g/mol. The van der Waals surface area contributed by atoms with Crippen LogP contribution in [0.15, 0.2) is 35.2 Å². The van der Waals surface area contributed by atoms with Gasteiger partial charge in [-0.15, -0.1) is 0 Å². The average molecular weight is 231 g/mol. The molecule has 6 heteroatoms. The van der Waals surface area contributed by atoms with E-state index in [1.807, 2.05) is 0 Å². The van der Waals surface area contributed by atoms with Crippen LogP contribution in [0, 0.1) is 0 Å². The van der Waals surface area contributed by atoms with E-state index in [4.69, 9.17) is 5.14 Å². The van der Waals surface area contributed by atoms with E-state index in [0.29, 0.717) is 13.1 Å². The zero-order valence-corrected chi connectivity index (χ0v) is 9.11. The van der Waals surface area contributed by atoms with E-state index < -0.39 is 10.0 Å². The topological polar surface area (TPSA) is 86.5 Å². The van der Waals surface area contributed by atoms with E-state index >= 15 is 0 Å². The van der Waals surface area contributed by atoms with Crippen molar-refractivity contribution >= 4 is 16.5 Å². The van der Waals surface area contributed by atoms with Gasteiger partial charge < -0.3 is 4.74 Å². The van der Waals surface area contributed by atoms with Crippen LogP contribution < -0.4 is 5.14 Å². The Balaban J connectivity index is 0.000000336. The summed E-state index contributed by atoms with van der Waals surface area (Å²) in [5.74, 6) is 0.